The normalized spacial score (nSPS) is 10.3. The van der Waals surface area contributed by atoms with Gasteiger partial charge in [0.2, 0.25) is 0 Å². The third-order valence-corrected chi connectivity index (χ3v) is 2.90. The van der Waals surface area contributed by atoms with Crippen LogP contribution in [-0.2, 0) is 6.54 Å². The number of nitrogens with two attached hydrogens (primary N) is 1. The number of hydrogen-bond donors (Lipinski definition) is 2. The van der Waals surface area contributed by atoms with Crippen LogP contribution < -0.4 is 11.1 Å². The van der Waals surface area contributed by atoms with E-state index in [9.17, 15) is 0 Å². The van der Waals surface area contributed by atoms with Crippen LogP contribution in [0, 0.1) is 3.57 Å². The average Bonchev–Trinajstić information content (AvgIpc) is 2.74. The zero-order valence-electron chi connectivity index (χ0n) is 8.73. The van der Waals surface area contributed by atoms with Crippen molar-refractivity contribution >= 4 is 34.0 Å². The Morgan fingerprint density at radius 3 is 3.00 bits per heavy atom. The Morgan fingerprint density at radius 2 is 2.31 bits per heavy atom. The van der Waals surface area contributed by atoms with Crippen LogP contribution in [-0.4, -0.2) is 16.3 Å². The molecule has 2 rings (SSSR count). The van der Waals surface area contributed by atoms with E-state index in [1.54, 1.807) is 6.20 Å². The van der Waals surface area contributed by atoms with Gasteiger partial charge in [0.25, 0.3) is 0 Å². The first-order valence-corrected chi connectivity index (χ1v) is 6.10. The van der Waals surface area contributed by atoms with Crippen molar-refractivity contribution < 1.29 is 0 Å². The summed E-state index contributed by atoms with van der Waals surface area (Å²) in [6, 6.07) is 7.91. The first kappa shape index (κ1) is 11.3. The Labute approximate surface area is 108 Å². The minimum atomic E-state index is 0.785. The number of hydrogen-bond acceptors (Lipinski definition) is 3. The molecule has 0 aliphatic carbocycles. The second-order valence-corrected chi connectivity index (χ2v) is 4.67. The van der Waals surface area contributed by atoms with Gasteiger partial charge in [-0.05, 0) is 46.9 Å². The molecule has 0 saturated carbocycles. The predicted octanol–water partition coefficient (Wildman–Crippen LogP) is 2.18. The number of aromatic nitrogens is 2. The lowest BCUT2D eigenvalue weighted by atomic mass is 10.3. The Morgan fingerprint density at radius 1 is 1.44 bits per heavy atom. The summed E-state index contributed by atoms with van der Waals surface area (Å²) < 4.78 is 3.03. The van der Waals surface area contributed by atoms with Crippen LogP contribution in [0.15, 0.2) is 36.7 Å². The highest BCUT2D eigenvalue weighted by Gasteiger charge is 1.98. The molecule has 0 aliphatic rings. The van der Waals surface area contributed by atoms with Crippen molar-refractivity contribution in [3.05, 3.63) is 40.2 Å². The molecule has 0 radical (unpaired) electrons. The van der Waals surface area contributed by atoms with Gasteiger partial charge in [0.1, 0.15) is 0 Å². The number of benzene rings is 1. The van der Waals surface area contributed by atoms with Crippen molar-refractivity contribution in [1.82, 2.24) is 9.78 Å². The second-order valence-electron chi connectivity index (χ2n) is 3.43. The van der Waals surface area contributed by atoms with E-state index in [1.165, 1.54) is 0 Å². The highest BCUT2D eigenvalue weighted by Crippen LogP contribution is 2.20. The van der Waals surface area contributed by atoms with Gasteiger partial charge in [-0.2, -0.15) is 5.10 Å². The molecule has 4 nitrogen and oxygen atoms in total. The minimum absolute atomic E-state index is 0.785. The summed E-state index contributed by atoms with van der Waals surface area (Å²) in [5, 5.41) is 7.42. The summed E-state index contributed by atoms with van der Waals surface area (Å²) in [6.45, 7) is 1.64. The van der Waals surface area contributed by atoms with Crippen molar-refractivity contribution in [3.8, 4) is 0 Å². The molecule has 0 aliphatic heterocycles. The van der Waals surface area contributed by atoms with Crippen LogP contribution in [0.25, 0.3) is 0 Å². The molecule has 1 heterocycles. The van der Waals surface area contributed by atoms with Gasteiger partial charge in [-0.15, -0.1) is 0 Å². The van der Waals surface area contributed by atoms with Gasteiger partial charge < -0.3 is 11.1 Å². The van der Waals surface area contributed by atoms with Crippen molar-refractivity contribution in [2.75, 3.05) is 17.6 Å². The standard InChI is InChI=1S/C11H13IN4/c12-9-2-3-11(10(13)8-9)14-5-7-16-6-1-4-15-16/h1-4,6,8,14H,5,7,13H2. The van der Waals surface area contributed by atoms with Gasteiger partial charge in [0.15, 0.2) is 0 Å². The molecule has 0 saturated heterocycles. The summed E-state index contributed by atoms with van der Waals surface area (Å²) in [4.78, 5) is 0. The first-order valence-electron chi connectivity index (χ1n) is 5.02. The lowest BCUT2D eigenvalue weighted by Crippen LogP contribution is -2.11. The maximum absolute atomic E-state index is 5.89. The zero-order valence-corrected chi connectivity index (χ0v) is 10.9. The molecule has 0 unspecified atom stereocenters. The van der Waals surface area contributed by atoms with Crippen molar-refractivity contribution in [1.29, 1.82) is 0 Å². The number of nitrogens with zero attached hydrogens (tertiary/aromatic N) is 2. The van der Waals surface area contributed by atoms with Crippen LogP contribution in [0.2, 0.25) is 0 Å². The molecule has 1 aromatic carbocycles. The average molecular weight is 328 g/mol. The van der Waals surface area contributed by atoms with Gasteiger partial charge in [0, 0.05) is 22.5 Å². The fourth-order valence-corrected chi connectivity index (χ4v) is 1.95. The van der Waals surface area contributed by atoms with Gasteiger partial charge in [0.05, 0.1) is 17.9 Å². The number of nitrogen functional groups attached to an aromatic ring is 1. The Balaban J connectivity index is 1.90. The van der Waals surface area contributed by atoms with Crippen LogP contribution in [0.3, 0.4) is 0 Å². The van der Waals surface area contributed by atoms with E-state index < -0.39 is 0 Å². The molecule has 2 aromatic rings. The van der Waals surface area contributed by atoms with E-state index in [1.807, 2.05) is 35.1 Å². The monoisotopic (exact) mass is 328 g/mol. The predicted molar refractivity (Wildman–Crippen MR) is 74.3 cm³/mol. The summed E-state index contributed by atoms with van der Waals surface area (Å²) in [7, 11) is 0. The molecular formula is C11H13IN4. The van der Waals surface area contributed by atoms with E-state index in [0.717, 1.165) is 28.0 Å². The van der Waals surface area contributed by atoms with Gasteiger partial charge in [-0.25, -0.2) is 0 Å². The molecule has 0 amide bonds. The molecule has 84 valence electrons. The first-order chi connectivity index (χ1) is 7.75. The van der Waals surface area contributed by atoms with Crippen LogP contribution in [0.1, 0.15) is 0 Å². The molecule has 3 N–H and O–H groups in total. The molecule has 1 aromatic heterocycles. The highest BCUT2D eigenvalue weighted by atomic mass is 127. The third kappa shape index (κ3) is 2.88. The topological polar surface area (TPSA) is 55.9 Å². The SMILES string of the molecule is Nc1cc(I)ccc1NCCn1cccn1. The van der Waals surface area contributed by atoms with E-state index in [4.69, 9.17) is 5.73 Å². The summed E-state index contributed by atoms with van der Waals surface area (Å²) in [6.07, 6.45) is 3.72. The Hall–Kier alpha value is -1.24. The fourth-order valence-electron chi connectivity index (χ4n) is 1.43. The molecule has 5 heteroatoms. The van der Waals surface area contributed by atoms with Gasteiger partial charge in [-0.1, -0.05) is 0 Å². The highest BCUT2D eigenvalue weighted by molar-refractivity contribution is 14.1. The summed E-state index contributed by atoms with van der Waals surface area (Å²) in [5.41, 5.74) is 7.65. The van der Waals surface area contributed by atoms with Crippen molar-refractivity contribution in [2.45, 2.75) is 6.54 Å². The van der Waals surface area contributed by atoms with E-state index in [2.05, 4.69) is 33.0 Å². The fraction of sp³-hybridized carbons (Fsp3) is 0.182. The largest absolute Gasteiger partial charge is 0.397 e. The third-order valence-electron chi connectivity index (χ3n) is 2.23. The Kier molecular flexibility index (Phi) is 3.66. The lowest BCUT2D eigenvalue weighted by molar-refractivity contribution is 0.638. The maximum atomic E-state index is 5.89. The van der Waals surface area contributed by atoms with Crippen LogP contribution in [0.5, 0.6) is 0 Å². The van der Waals surface area contributed by atoms with Crippen LogP contribution >= 0.6 is 22.6 Å². The number of anilines is 2. The summed E-state index contributed by atoms with van der Waals surface area (Å²) >= 11 is 2.25. The van der Waals surface area contributed by atoms with E-state index >= 15 is 0 Å². The quantitative estimate of drug-likeness (QED) is 0.668. The minimum Gasteiger partial charge on any atom is -0.397 e. The molecule has 0 atom stereocenters. The van der Waals surface area contributed by atoms with Gasteiger partial charge >= 0.3 is 0 Å². The molecule has 0 spiro atoms. The molecule has 0 fully saturated rings. The molecular weight excluding hydrogens is 315 g/mol. The smallest absolute Gasteiger partial charge is 0.0582 e. The van der Waals surface area contributed by atoms with E-state index in [0.29, 0.717) is 0 Å². The second kappa shape index (κ2) is 5.20. The van der Waals surface area contributed by atoms with Crippen molar-refractivity contribution in [3.63, 3.8) is 0 Å². The zero-order chi connectivity index (χ0) is 11.4. The molecule has 0 bridgehead atoms. The van der Waals surface area contributed by atoms with Gasteiger partial charge in [-0.3, -0.25) is 4.68 Å². The van der Waals surface area contributed by atoms with Crippen LogP contribution in [0.4, 0.5) is 11.4 Å². The lowest BCUT2D eigenvalue weighted by Gasteiger charge is -2.09. The van der Waals surface area contributed by atoms with E-state index in [-0.39, 0.29) is 0 Å². The van der Waals surface area contributed by atoms with Crippen molar-refractivity contribution in [2.24, 2.45) is 0 Å². The number of nitrogens with one attached hydrogen (secondary N) is 1. The Bertz CT molecular complexity index is 453. The molecule has 16 heavy (non-hydrogen) atoms. The number of halogens is 1. The summed E-state index contributed by atoms with van der Waals surface area (Å²) in [5.74, 6) is 0. The maximum Gasteiger partial charge on any atom is 0.0582 e. The number of rotatable bonds is 4.